The first-order chi connectivity index (χ1) is 11.0. The van der Waals surface area contributed by atoms with Gasteiger partial charge in [0, 0.05) is 12.2 Å². The van der Waals surface area contributed by atoms with Crippen LogP contribution < -0.4 is 10.1 Å². The number of nitrogens with zero attached hydrogens (tertiary/aromatic N) is 1. The number of amides is 1. The summed E-state index contributed by atoms with van der Waals surface area (Å²) in [6.07, 6.45) is 3.68. The summed E-state index contributed by atoms with van der Waals surface area (Å²) < 4.78 is 28.3. The molecule has 0 atom stereocenters. The summed E-state index contributed by atoms with van der Waals surface area (Å²) in [7, 11) is 0. The van der Waals surface area contributed by atoms with Gasteiger partial charge in [0.05, 0.1) is 12.6 Å². The van der Waals surface area contributed by atoms with Gasteiger partial charge in [-0.1, -0.05) is 12.1 Å². The Hall–Kier alpha value is -2.44. The minimum absolute atomic E-state index is 0.0830. The molecule has 0 saturated heterocycles. The number of carbonyl (C=O) groups excluding carboxylic acids is 1. The average molecular weight is 323 g/mol. The normalized spacial score (nSPS) is 10.8. The molecule has 0 aliphatic heterocycles. The number of aryl methyl sites for hydroxylation is 2. The van der Waals surface area contributed by atoms with Gasteiger partial charge in [-0.2, -0.15) is 13.9 Å². The van der Waals surface area contributed by atoms with Crippen LogP contribution in [0.5, 0.6) is 5.75 Å². The third kappa shape index (κ3) is 5.69. The van der Waals surface area contributed by atoms with Crippen molar-refractivity contribution in [3.8, 4) is 5.75 Å². The van der Waals surface area contributed by atoms with Gasteiger partial charge in [0.25, 0.3) is 0 Å². The second-order valence-corrected chi connectivity index (χ2v) is 5.17. The first-order valence-electron chi connectivity index (χ1n) is 7.34. The summed E-state index contributed by atoms with van der Waals surface area (Å²) in [6, 6.07) is 6.06. The van der Waals surface area contributed by atoms with Crippen LogP contribution in [0.25, 0.3) is 0 Å². The zero-order valence-electron chi connectivity index (χ0n) is 12.8. The lowest BCUT2D eigenvalue weighted by atomic mass is 10.1. The average Bonchev–Trinajstić information content (AvgIpc) is 2.90. The molecule has 2 aromatic rings. The van der Waals surface area contributed by atoms with E-state index < -0.39 is 6.61 Å². The van der Waals surface area contributed by atoms with E-state index in [0.29, 0.717) is 6.54 Å². The Bertz CT molecular complexity index is 627. The number of hydrogen-bond donors (Lipinski definition) is 2. The molecular formula is C16H19F2N3O2. The minimum atomic E-state index is -2.84. The standard InChI is InChI=1S/C16H19F2N3O2/c1-11-13(10-20-21-11)3-2-8-19-15(22)9-12-4-6-14(7-5-12)23-16(17)18/h4-7,10,16H,2-3,8-9H2,1H3,(H,19,22)(H,20,21). The van der Waals surface area contributed by atoms with Gasteiger partial charge in [-0.3, -0.25) is 9.89 Å². The number of aromatic nitrogens is 2. The van der Waals surface area contributed by atoms with E-state index in [1.165, 1.54) is 12.1 Å². The molecule has 0 unspecified atom stereocenters. The van der Waals surface area contributed by atoms with Gasteiger partial charge in [0.1, 0.15) is 5.75 Å². The van der Waals surface area contributed by atoms with Crippen LogP contribution in [0.3, 0.4) is 0 Å². The Labute approximate surface area is 133 Å². The third-order valence-corrected chi connectivity index (χ3v) is 3.39. The molecule has 0 saturated carbocycles. The molecule has 0 spiro atoms. The van der Waals surface area contributed by atoms with E-state index in [4.69, 9.17) is 0 Å². The summed E-state index contributed by atoms with van der Waals surface area (Å²) in [5.41, 5.74) is 2.94. The van der Waals surface area contributed by atoms with Crippen molar-refractivity contribution in [2.75, 3.05) is 6.54 Å². The topological polar surface area (TPSA) is 67.0 Å². The summed E-state index contributed by atoms with van der Waals surface area (Å²) in [6.45, 7) is -0.304. The third-order valence-electron chi connectivity index (χ3n) is 3.39. The lowest BCUT2D eigenvalue weighted by Crippen LogP contribution is -2.26. The summed E-state index contributed by atoms with van der Waals surface area (Å²) in [5, 5.41) is 9.66. The van der Waals surface area contributed by atoms with Crippen molar-refractivity contribution >= 4 is 5.91 Å². The van der Waals surface area contributed by atoms with Gasteiger partial charge in [-0.05, 0) is 43.0 Å². The number of H-pyrrole nitrogens is 1. The van der Waals surface area contributed by atoms with Gasteiger partial charge < -0.3 is 10.1 Å². The fourth-order valence-electron chi connectivity index (χ4n) is 2.17. The molecule has 1 aromatic heterocycles. The SMILES string of the molecule is Cc1[nH]ncc1CCCNC(=O)Cc1ccc(OC(F)F)cc1. The van der Waals surface area contributed by atoms with Crippen molar-refractivity contribution < 1.29 is 18.3 Å². The number of benzene rings is 1. The quantitative estimate of drug-likeness (QED) is 0.734. The highest BCUT2D eigenvalue weighted by Gasteiger charge is 2.06. The van der Waals surface area contributed by atoms with Crippen LogP contribution >= 0.6 is 0 Å². The molecular weight excluding hydrogens is 304 g/mol. The van der Waals surface area contributed by atoms with E-state index in [1.54, 1.807) is 18.3 Å². The molecule has 2 N–H and O–H groups in total. The first kappa shape index (κ1) is 16.9. The van der Waals surface area contributed by atoms with Gasteiger partial charge in [-0.15, -0.1) is 0 Å². The number of halogens is 2. The van der Waals surface area contributed by atoms with E-state index in [-0.39, 0.29) is 18.1 Å². The van der Waals surface area contributed by atoms with Crippen LogP contribution in [-0.2, 0) is 17.6 Å². The molecule has 0 radical (unpaired) electrons. The van der Waals surface area contributed by atoms with Crippen LogP contribution in [0.2, 0.25) is 0 Å². The van der Waals surface area contributed by atoms with Crippen LogP contribution in [0.1, 0.15) is 23.2 Å². The summed E-state index contributed by atoms with van der Waals surface area (Å²) >= 11 is 0. The molecule has 1 aromatic carbocycles. The number of nitrogens with one attached hydrogen (secondary N) is 2. The molecule has 1 heterocycles. The van der Waals surface area contributed by atoms with E-state index >= 15 is 0 Å². The number of carbonyl (C=O) groups is 1. The second-order valence-electron chi connectivity index (χ2n) is 5.17. The van der Waals surface area contributed by atoms with Crippen molar-refractivity contribution in [3.63, 3.8) is 0 Å². The predicted molar refractivity (Wildman–Crippen MR) is 81.4 cm³/mol. The lowest BCUT2D eigenvalue weighted by Gasteiger charge is -2.07. The van der Waals surface area contributed by atoms with Crippen LogP contribution in [0, 0.1) is 6.92 Å². The monoisotopic (exact) mass is 323 g/mol. The smallest absolute Gasteiger partial charge is 0.387 e. The van der Waals surface area contributed by atoms with E-state index in [0.717, 1.165) is 29.7 Å². The molecule has 0 aliphatic carbocycles. The Balaban J connectivity index is 1.69. The van der Waals surface area contributed by atoms with Crippen LogP contribution in [0.4, 0.5) is 8.78 Å². The second kappa shape index (κ2) is 8.26. The fourth-order valence-corrected chi connectivity index (χ4v) is 2.17. The number of aromatic amines is 1. The Morgan fingerprint density at radius 1 is 1.35 bits per heavy atom. The van der Waals surface area contributed by atoms with Crippen molar-refractivity contribution in [3.05, 3.63) is 47.3 Å². The zero-order valence-corrected chi connectivity index (χ0v) is 12.8. The zero-order chi connectivity index (χ0) is 16.7. The summed E-state index contributed by atoms with van der Waals surface area (Å²) in [4.78, 5) is 11.8. The molecule has 0 bridgehead atoms. The van der Waals surface area contributed by atoms with Gasteiger partial charge in [-0.25, -0.2) is 0 Å². The molecule has 0 aliphatic rings. The van der Waals surface area contributed by atoms with Crippen LogP contribution in [-0.4, -0.2) is 29.3 Å². The van der Waals surface area contributed by atoms with E-state index in [9.17, 15) is 13.6 Å². The summed E-state index contributed by atoms with van der Waals surface area (Å²) in [5.74, 6) is -0.0175. The number of alkyl halides is 2. The molecule has 1 amide bonds. The Morgan fingerprint density at radius 3 is 2.70 bits per heavy atom. The maximum absolute atomic E-state index is 12.0. The maximum atomic E-state index is 12.0. The van der Waals surface area contributed by atoms with Crippen molar-refractivity contribution in [2.24, 2.45) is 0 Å². The molecule has 23 heavy (non-hydrogen) atoms. The molecule has 5 nitrogen and oxygen atoms in total. The Morgan fingerprint density at radius 2 is 2.09 bits per heavy atom. The van der Waals surface area contributed by atoms with E-state index in [1.807, 2.05) is 6.92 Å². The van der Waals surface area contributed by atoms with E-state index in [2.05, 4.69) is 20.3 Å². The lowest BCUT2D eigenvalue weighted by molar-refractivity contribution is -0.120. The molecule has 2 rings (SSSR count). The van der Waals surface area contributed by atoms with Gasteiger partial charge in [0.2, 0.25) is 5.91 Å². The number of hydrogen-bond acceptors (Lipinski definition) is 3. The molecule has 7 heteroatoms. The highest BCUT2D eigenvalue weighted by Crippen LogP contribution is 2.15. The van der Waals surface area contributed by atoms with Gasteiger partial charge >= 0.3 is 6.61 Å². The van der Waals surface area contributed by atoms with Crippen molar-refractivity contribution in [1.82, 2.24) is 15.5 Å². The van der Waals surface area contributed by atoms with Gasteiger partial charge in [0.15, 0.2) is 0 Å². The van der Waals surface area contributed by atoms with Crippen LogP contribution in [0.15, 0.2) is 30.5 Å². The number of rotatable bonds is 8. The van der Waals surface area contributed by atoms with Crippen molar-refractivity contribution in [1.29, 1.82) is 0 Å². The first-order valence-corrected chi connectivity index (χ1v) is 7.34. The molecule has 124 valence electrons. The fraction of sp³-hybridized carbons (Fsp3) is 0.375. The predicted octanol–water partition coefficient (Wildman–Crippen LogP) is 2.61. The maximum Gasteiger partial charge on any atom is 0.387 e. The highest BCUT2D eigenvalue weighted by molar-refractivity contribution is 5.78. The molecule has 0 fully saturated rings. The Kier molecular flexibility index (Phi) is 6.08. The number of ether oxygens (including phenoxy) is 1. The minimum Gasteiger partial charge on any atom is -0.435 e. The van der Waals surface area contributed by atoms with Crippen molar-refractivity contribution in [2.45, 2.75) is 32.8 Å². The highest BCUT2D eigenvalue weighted by atomic mass is 19.3. The largest absolute Gasteiger partial charge is 0.435 e.